The van der Waals surface area contributed by atoms with E-state index in [0.717, 1.165) is 41.2 Å². The SMILES string of the molecule is COc1ccc(N2CCN(C(=O)CCNC(=O)c3cc4ccc(OC)cc4[nH]3)CC2)cc1. The van der Waals surface area contributed by atoms with Gasteiger partial charge in [0.2, 0.25) is 5.91 Å². The van der Waals surface area contributed by atoms with Crippen LogP contribution in [0.2, 0.25) is 0 Å². The van der Waals surface area contributed by atoms with Gasteiger partial charge in [-0.3, -0.25) is 9.59 Å². The third-order valence-corrected chi connectivity index (χ3v) is 5.77. The molecule has 1 aliphatic heterocycles. The standard InChI is InChI=1S/C24H28N4O4/c1-31-19-7-4-18(5-8-19)27-11-13-28(14-12-27)23(29)9-10-25-24(30)22-15-17-3-6-20(32-2)16-21(17)26-22/h3-8,15-16,26H,9-14H2,1-2H3,(H,25,30). The molecule has 1 fully saturated rings. The van der Waals surface area contributed by atoms with Crippen molar-refractivity contribution in [3.05, 3.63) is 54.2 Å². The molecule has 0 spiro atoms. The highest BCUT2D eigenvalue weighted by Gasteiger charge is 2.21. The van der Waals surface area contributed by atoms with Gasteiger partial charge in [0.15, 0.2) is 0 Å². The number of ether oxygens (including phenoxy) is 2. The number of carbonyl (C=O) groups excluding carboxylic acids is 2. The molecule has 2 heterocycles. The molecule has 2 N–H and O–H groups in total. The summed E-state index contributed by atoms with van der Waals surface area (Å²) in [5.41, 5.74) is 2.43. The second kappa shape index (κ2) is 9.64. The van der Waals surface area contributed by atoms with E-state index in [1.807, 2.05) is 47.4 Å². The molecule has 0 bridgehead atoms. The zero-order valence-corrected chi connectivity index (χ0v) is 18.4. The Kier molecular flexibility index (Phi) is 6.49. The van der Waals surface area contributed by atoms with Crippen LogP contribution >= 0.6 is 0 Å². The molecular formula is C24H28N4O4. The zero-order chi connectivity index (χ0) is 22.5. The molecule has 4 rings (SSSR count). The predicted octanol–water partition coefficient (Wildman–Crippen LogP) is 2.65. The molecule has 1 saturated heterocycles. The van der Waals surface area contributed by atoms with E-state index in [1.54, 1.807) is 20.3 Å². The topological polar surface area (TPSA) is 86.9 Å². The van der Waals surface area contributed by atoms with Gasteiger partial charge in [0, 0.05) is 61.8 Å². The average Bonchev–Trinajstić information content (AvgIpc) is 3.27. The number of fused-ring (bicyclic) bond motifs is 1. The number of aromatic nitrogens is 1. The summed E-state index contributed by atoms with van der Waals surface area (Å²) in [5, 5.41) is 3.76. The van der Waals surface area contributed by atoms with Gasteiger partial charge < -0.3 is 29.6 Å². The Hall–Kier alpha value is -3.68. The van der Waals surface area contributed by atoms with Crippen molar-refractivity contribution in [3.63, 3.8) is 0 Å². The van der Waals surface area contributed by atoms with Crippen LogP contribution in [-0.2, 0) is 4.79 Å². The van der Waals surface area contributed by atoms with Crippen molar-refractivity contribution in [1.82, 2.24) is 15.2 Å². The molecule has 1 aliphatic rings. The van der Waals surface area contributed by atoms with E-state index in [4.69, 9.17) is 9.47 Å². The van der Waals surface area contributed by atoms with Crippen LogP contribution in [0, 0.1) is 0 Å². The predicted molar refractivity (Wildman–Crippen MR) is 124 cm³/mol. The van der Waals surface area contributed by atoms with Crippen LogP contribution in [0.4, 0.5) is 5.69 Å². The fraction of sp³-hybridized carbons (Fsp3) is 0.333. The van der Waals surface area contributed by atoms with Crippen molar-refractivity contribution in [2.45, 2.75) is 6.42 Å². The Morgan fingerprint density at radius 3 is 2.31 bits per heavy atom. The van der Waals surface area contributed by atoms with E-state index < -0.39 is 0 Å². The van der Waals surface area contributed by atoms with Crippen LogP contribution in [0.25, 0.3) is 10.9 Å². The fourth-order valence-electron chi connectivity index (χ4n) is 3.90. The van der Waals surface area contributed by atoms with E-state index in [2.05, 4.69) is 15.2 Å². The van der Waals surface area contributed by atoms with Crippen molar-refractivity contribution in [2.75, 3.05) is 51.8 Å². The Morgan fingerprint density at radius 1 is 0.938 bits per heavy atom. The number of hydrogen-bond acceptors (Lipinski definition) is 5. The first-order valence-electron chi connectivity index (χ1n) is 10.7. The lowest BCUT2D eigenvalue weighted by molar-refractivity contribution is -0.131. The second-order valence-electron chi connectivity index (χ2n) is 7.71. The van der Waals surface area contributed by atoms with E-state index in [9.17, 15) is 9.59 Å². The van der Waals surface area contributed by atoms with Crippen molar-refractivity contribution < 1.29 is 19.1 Å². The van der Waals surface area contributed by atoms with Gasteiger partial charge in [-0.15, -0.1) is 0 Å². The van der Waals surface area contributed by atoms with E-state index in [-0.39, 0.29) is 18.2 Å². The van der Waals surface area contributed by atoms with Crippen LogP contribution in [0.1, 0.15) is 16.9 Å². The van der Waals surface area contributed by atoms with Crippen molar-refractivity contribution in [1.29, 1.82) is 0 Å². The number of rotatable bonds is 7. The molecule has 0 unspecified atom stereocenters. The van der Waals surface area contributed by atoms with Gasteiger partial charge in [-0.1, -0.05) is 0 Å². The molecule has 2 aromatic carbocycles. The number of anilines is 1. The Labute approximate surface area is 187 Å². The molecular weight excluding hydrogens is 408 g/mol. The highest BCUT2D eigenvalue weighted by molar-refractivity contribution is 5.98. The Morgan fingerprint density at radius 2 is 1.62 bits per heavy atom. The number of piperazine rings is 1. The summed E-state index contributed by atoms with van der Waals surface area (Å²) in [6.07, 6.45) is 0.280. The summed E-state index contributed by atoms with van der Waals surface area (Å²) in [5.74, 6) is 1.39. The molecule has 0 aliphatic carbocycles. The number of carbonyl (C=O) groups is 2. The minimum Gasteiger partial charge on any atom is -0.497 e. The molecule has 0 saturated carbocycles. The van der Waals surface area contributed by atoms with Crippen molar-refractivity contribution in [2.24, 2.45) is 0 Å². The highest BCUT2D eigenvalue weighted by atomic mass is 16.5. The molecule has 2 amide bonds. The summed E-state index contributed by atoms with van der Waals surface area (Å²) in [6, 6.07) is 15.4. The second-order valence-corrected chi connectivity index (χ2v) is 7.71. The minimum atomic E-state index is -0.225. The van der Waals surface area contributed by atoms with Crippen LogP contribution in [0.5, 0.6) is 11.5 Å². The van der Waals surface area contributed by atoms with Crippen LogP contribution in [0.3, 0.4) is 0 Å². The van der Waals surface area contributed by atoms with Crippen molar-refractivity contribution >= 4 is 28.4 Å². The summed E-state index contributed by atoms with van der Waals surface area (Å²) in [4.78, 5) is 32.3. The van der Waals surface area contributed by atoms with Crippen LogP contribution in [-0.4, -0.2) is 68.6 Å². The third-order valence-electron chi connectivity index (χ3n) is 5.77. The van der Waals surface area contributed by atoms with Gasteiger partial charge >= 0.3 is 0 Å². The first-order chi connectivity index (χ1) is 15.6. The summed E-state index contributed by atoms with van der Waals surface area (Å²) >= 11 is 0. The van der Waals surface area contributed by atoms with Crippen LogP contribution in [0.15, 0.2) is 48.5 Å². The third kappa shape index (κ3) is 4.80. The smallest absolute Gasteiger partial charge is 0.267 e. The minimum absolute atomic E-state index is 0.0565. The maximum Gasteiger partial charge on any atom is 0.267 e. The number of H-pyrrole nitrogens is 1. The maximum absolute atomic E-state index is 12.6. The van der Waals surface area contributed by atoms with Crippen LogP contribution < -0.4 is 19.7 Å². The number of nitrogens with one attached hydrogen (secondary N) is 2. The summed E-state index contributed by atoms with van der Waals surface area (Å²) < 4.78 is 10.4. The highest BCUT2D eigenvalue weighted by Crippen LogP contribution is 2.22. The normalized spacial score (nSPS) is 13.8. The van der Waals surface area contributed by atoms with Gasteiger partial charge in [0.25, 0.3) is 5.91 Å². The number of nitrogens with zero attached hydrogens (tertiary/aromatic N) is 2. The first kappa shape index (κ1) is 21.5. The van der Waals surface area contributed by atoms with Gasteiger partial charge in [0.1, 0.15) is 17.2 Å². The van der Waals surface area contributed by atoms with E-state index in [0.29, 0.717) is 25.3 Å². The van der Waals surface area contributed by atoms with Gasteiger partial charge in [-0.25, -0.2) is 0 Å². The Bertz CT molecular complexity index is 1090. The maximum atomic E-state index is 12.6. The van der Waals surface area contributed by atoms with Crippen molar-refractivity contribution in [3.8, 4) is 11.5 Å². The molecule has 0 atom stereocenters. The fourth-order valence-corrected chi connectivity index (χ4v) is 3.90. The lowest BCUT2D eigenvalue weighted by Crippen LogP contribution is -2.49. The molecule has 1 aromatic heterocycles. The number of benzene rings is 2. The lowest BCUT2D eigenvalue weighted by Gasteiger charge is -2.36. The van der Waals surface area contributed by atoms with E-state index in [1.165, 1.54) is 0 Å². The molecule has 32 heavy (non-hydrogen) atoms. The number of methoxy groups -OCH3 is 2. The lowest BCUT2D eigenvalue weighted by atomic mass is 10.2. The Balaban J connectivity index is 1.23. The number of hydrogen-bond donors (Lipinski definition) is 2. The molecule has 0 radical (unpaired) electrons. The van der Waals surface area contributed by atoms with Gasteiger partial charge in [0.05, 0.1) is 14.2 Å². The zero-order valence-electron chi connectivity index (χ0n) is 18.4. The monoisotopic (exact) mass is 436 g/mol. The molecule has 8 nitrogen and oxygen atoms in total. The molecule has 168 valence electrons. The first-order valence-corrected chi connectivity index (χ1v) is 10.7. The molecule has 8 heteroatoms. The average molecular weight is 437 g/mol. The number of aromatic amines is 1. The van der Waals surface area contributed by atoms with Gasteiger partial charge in [-0.2, -0.15) is 0 Å². The van der Waals surface area contributed by atoms with E-state index >= 15 is 0 Å². The quantitative estimate of drug-likeness (QED) is 0.595. The summed E-state index contributed by atoms with van der Waals surface area (Å²) in [7, 11) is 3.26. The van der Waals surface area contributed by atoms with Gasteiger partial charge in [-0.05, 0) is 42.5 Å². The number of amides is 2. The largest absolute Gasteiger partial charge is 0.497 e. The molecule has 3 aromatic rings. The summed E-state index contributed by atoms with van der Waals surface area (Å²) in [6.45, 7) is 3.20.